The lowest BCUT2D eigenvalue weighted by atomic mass is 9.89. The normalized spacial score (nSPS) is 28.2. The SMILES string of the molecule is [3H]PO[C@H](/C=C/[C@@H]1[C@@H](C/C=C\CCCC(C)=O)[C@@H](OP)C[C@H]1OP[3H])CCCCC. The van der Waals surface area contributed by atoms with Gasteiger partial charge in [-0.2, -0.15) is 0 Å². The lowest BCUT2D eigenvalue weighted by molar-refractivity contribution is -0.117. The molecular weight excluding hydrogens is 409 g/mol. The van der Waals surface area contributed by atoms with E-state index in [-0.39, 0.29) is 54.8 Å². The third kappa shape index (κ3) is 9.88. The molecule has 0 radical (unpaired) electrons. The lowest BCUT2D eigenvalue weighted by Crippen LogP contribution is -2.21. The van der Waals surface area contributed by atoms with Gasteiger partial charge in [-0.15, -0.1) is 0 Å². The van der Waals surface area contributed by atoms with E-state index in [0.29, 0.717) is 6.42 Å². The van der Waals surface area contributed by atoms with Gasteiger partial charge in [0.05, 0.1) is 20.9 Å². The average Bonchev–Trinajstić information content (AvgIpc) is 3.05. The number of hydrogen-bond donors (Lipinski definition) is 0. The molecule has 8 atom stereocenters. The minimum absolute atomic E-state index is 0.0338. The maximum atomic E-state index is 11.1. The number of carbonyl (C=O) groups is 1. The molecule has 1 fully saturated rings. The van der Waals surface area contributed by atoms with Crippen LogP contribution in [0.3, 0.4) is 0 Å². The Labute approximate surface area is 181 Å². The standard InChI is InChI=1S/C21H39O4P3/c1-3-4-7-11-17(23-26)13-14-19-18(20(24-27)15-21(19)25-28)12-9-6-5-8-10-16(2)22/h6,9,13-14,17-21H,3-5,7-8,10-12,15,26-28H2,1-2H3/b9-6-,14-13+/t17-,18+,19+,20-,21+/m0/s1/i26T,28T/t17-,18+,19+,20-,21+,26?,28?. The third-order valence-electron chi connectivity index (χ3n) is 5.46. The second-order valence-electron chi connectivity index (χ2n) is 7.65. The molecule has 1 saturated carbocycles. The van der Waals surface area contributed by atoms with Crippen LogP contribution in [-0.4, -0.2) is 26.7 Å². The van der Waals surface area contributed by atoms with E-state index in [2.05, 4.69) is 40.7 Å². The fourth-order valence-electron chi connectivity index (χ4n) is 3.83. The molecule has 0 aromatic rings. The molecule has 0 N–H and O–H groups in total. The molecule has 0 aromatic heterocycles. The Morgan fingerprint density at radius 2 is 2.07 bits per heavy atom. The number of rotatable bonds is 17. The fourth-order valence-corrected chi connectivity index (χ4v) is 4.59. The molecule has 0 aromatic carbocycles. The Balaban J connectivity index is 2.79. The number of unbranched alkanes of at least 4 members (excludes halogenated alkanes) is 3. The van der Waals surface area contributed by atoms with Crippen molar-refractivity contribution < 1.29 is 18.4 Å². The number of ketones is 1. The molecule has 162 valence electrons. The van der Waals surface area contributed by atoms with Gasteiger partial charge in [0.25, 0.3) is 0 Å². The summed E-state index contributed by atoms with van der Waals surface area (Å²) < 4.78 is 32.1. The van der Waals surface area contributed by atoms with Crippen molar-refractivity contribution in [3.8, 4) is 0 Å². The van der Waals surface area contributed by atoms with Crippen molar-refractivity contribution >= 4 is 34.1 Å². The van der Waals surface area contributed by atoms with Gasteiger partial charge in [0, 0.05) is 47.0 Å². The summed E-state index contributed by atoms with van der Waals surface area (Å²) in [4.78, 5) is 11.1. The lowest BCUT2D eigenvalue weighted by Gasteiger charge is -2.22. The van der Waals surface area contributed by atoms with Gasteiger partial charge >= 0.3 is 0 Å². The maximum absolute atomic E-state index is 11.1. The summed E-state index contributed by atoms with van der Waals surface area (Å²) in [5.74, 6) is 0.654. The van der Waals surface area contributed by atoms with Gasteiger partial charge in [0.15, 0.2) is 0 Å². The molecule has 0 saturated heterocycles. The monoisotopic (exact) mass is 452 g/mol. The zero-order valence-corrected chi connectivity index (χ0v) is 20.4. The van der Waals surface area contributed by atoms with Crippen LogP contribution in [-0.2, 0) is 18.4 Å². The van der Waals surface area contributed by atoms with E-state index in [4.69, 9.17) is 16.1 Å². The Bertz CT molecular complexity index is 522. The van der Waals surface area contributed by atoms with Crippen molar-refractivity contribution in [1.29, 1.82) is 2.56 Å². The van der Waals surface area contributed by atoms with E-state index in [9.17, 15) is 4.79 Å². The van der Waals surface area contributed by atoms with Gasteiger partial charge in [0.1, 0.15) is 5.78 Å². The molecule has 7 heteroatoms. The van der Waals surface area contributed by atoms with E-state index in [1.54, 1.807) is 6.92 Å². The predicted molar refractivity (Wildman–Crippen MR) is 127 cm³/mol. The molecule has 4 nitrogen and oxygen atoms in total. The van der Waals surface area contributed by atoms with E-state index in [1.165, 1.54) is 6.42 Å². The second-order valence-corrected chi connectivity index (χ2v) is 8.39. The van der Waals surface area contributed by atoms with Crippen molar-refractivity contribution in [2.24, 2.45) is 11.8 Å². The molecule has 0 amide bonds. The van der Waals surface area contributed by atoms with Crippen LogP contribution in [0.5, 0.6) is 0 Å². The fraction of sp³-hybridized carbons (Fsp3) is 0.762. The summed E-state index contributed by atoms with van der Waals surface area (Å²) in [6.07, 6.45) is 17.0. The van der Waals surface area contributed by atoms with Gasteiger partial charge in [0.2, 0.25) is 0 Å². The molecule has 1 aliphatic rings. The topological polar surface area (TPSA) is 44.8 Å². The quantitative estimate of drug-likeness (QED) is 0.154. The first-order valence-corrected chi connectivity index (χ1v) is 11.7. The van der Waals surface area contributed by atoms with Crippen molar-refractivity contribution in [2.75, 3.05) is 0 Å². The van der Waals surface area contributed by atoms with Crippen LogP contribution in [0.25, 0.3) is 0 Å². The van der Waals surface area contributed by atoms with Crippen LogP contribution in [0.15, 0.2) is 24.3 Å². The first-order chi connectivity index (χ1) is 14.6. The van der Waals surface area contributed by atoms with Crippen molar-refractivity contribution in [3.05, 3.63) is 24.3 Å². The van der Waals surface area contributed by atoms with E-state index < -0.39 is 0 Å². The minimum Gasteiger partial charge on any atom is -0.362 e. The first kappa shape index (κ1) is 23.0. The molecule has 0 aliphatic heterocycles. The first-order valence-electron chi connectivity index (χ1n) is 11.4. The molecular formula is C21H39O4P3. The molecule has 3 unspecified atom stereocenters. The predicted octanol–water partition coefficient (Wildman–Crippen LogP) is 5.99. The van der Waals surface area contributed by atoms with Gasteiger partial charge in [-0.25, -0.2) is 0 Å². The van der Waals surface area contributed by atoms with Crippen LogP contribution in [0.1, 0.15) is 71.6 Å². The summed E-state index contributed by atoms with van der Waals surface area (Å²) in [6.45, 7) is 3.81. The van der Waals surface area contributed by atoms with Crippen molar-refractivity contribution in [1.82, 2.24) is 0 Å². The zero-order valence-electron chi connectivity index (χ0n) is 19.3. The van der Waals surface area contributed by atoms with Gasteiger partial charge < -0.3 is 18.4 Å². The van der Waals surface area contributed by atoms with E-state index in [0.717, 1.165) is 44.9 Å². The zero-order chi connectivity index (χ0) is 22.2. The molecule has 0 bridgehead atoms. The highest BCUT2D eigenvalue weighted by molar-refractivity contribution is 7.10. The summed E-state index contributed by atoms with van der Waals surface area (Å²) in [5.41, 5.74) is 0. The summed E-state index contributed by atoms with van der Waals surface area (Å²) >= 11 is 0. The Hall–Kier alpha value is 0.320. The largest absolute Gasteiger partial charge is 0.362 e. The molecule has 0 spiro atoms. The summed E-state index contributed by atoms with van der Waals surface area (Å²) in [5, 5.41) is 0. The summed E-state index contributed by atoms with van der Waals surface area (Å²) in [6, 6.07) is 0. The number of hydrogen-bond acceptors (Lipinski definition) is 4. The number of Topliss-reactive ketones (excluding diaryl/α,β-unsaturated/α-hetero) is 1. The molecule has 28 heavy (non-hydrogen) atoms. The Morgan fingerprint density at radius 3 is 2.75 bits per heavy atom. The van der Waals surface area contributed by atoms with E-state index in [1.807, 2.05) is 0 Å². The van der Waals surface area contributed by atoms with Gasteiger partial charge in [-0.3, -0.25) is 0 Å². The van der Waals surface area contributed by atoms with Gasteiger partial charge in [-0.05, 0) is 38.5 Å². The highest BCUT2D eigenvalue weighted by Crippen LogP contribution is 2.41. The molecule has 1 rings (SSSR count). The van der Waals surface area contributed by atoms with Crippen LogP contribution < -0.4 is 0 Å². The maximum Gasteiger partial charge on any atom is 0.129 e. The second kappa shape index (κ2) is 16.1. The smallest absolute Gasteiger partial charge is 0.129 e. The van der Waals surface area contributed by atoms with Crippen LogP contribution in [0, 0.1) is 11.8 Å². The van der Waals surface area contributed by atoms with Gasteiger partial charge in [-0.1, -0.05) is 50.5 Å². The van der Waals surface area contributed by atoms with Crippen LogP contribution in [0.2, 0.25) is 0 Å². The highest BCUT2D eigenvalue weighted by Gasteiger charge is 2.41. The molecule has 1 aliphatic carbocycles. The van der Waals surface area contributed by atoms with Crippen LogP contribution in [0.4, 0.5) is 0 Å². The van der Waals surface area contributed by atoms with Crippen LogP contribution >= 0.6 is 28.3 Å². The van der Waals surface area contributed by atoms with Crippen molar-refractivity contribution in [3.63, 3.8) is 0 Å². The molecule has 0 heterocycles. The third-order valence-corrected chi connectivity index (χ3v) is 6.41. The average molecular weight is 452 g/mol. The van der Waals surface area contributed by atoms with Crippen molar-refractivity contribution in [2.45, 2.75) is 89.9 Å². The number of carbonyl (C=O) groups excluding carboxylic acids is 1. The Kier molecular flexibility index (Phi) is 13.2. The minimum atomic E-state index is -0.298. The number of allylic oxidation sites excluding steroid dienone is 2. The highest BCUT2D eigenvalue weighted by atomic mass is 31.0. The Morgan fingerprint density at radius 1 is 1.21 bits per heavy atom. The van der Waals surface area contributed by atoms with E-state index >= 15 is 0 Å². The summed E-state index contributed by atoms with van der Waals surface area (Å²) in [7, 11) is 1.82.